The fourth-order valence-corrected chi connectivity index (χ4v) is 2.00. The Morgan fingerprint density at radius 2 is 2.28 bits per heavy atom. The van der Waals surface area contributed by atoms with E-state index in [-0.39, 0.29) is 18.0 Å². The summed E-state index contributed by atoms with van der Waals surface area (Å²) in [5.74, 6) is -0.322. The van der Waals surface area contributed by atoms with Gasteiger partial charge in [0.1, 0.15) is 0 Å². The maximum absolute atomic E-state index is 11.6. The molecule has 1 amide bonds. The number of likely N-dealkylation sites (tertiary alicyclic amines) is 1. The highest BCUT2D eigenvalue weighted by Crippen LogP contribution is 2.08. The van der Waals surface area contributed by atoms with Crippen LogP contribution >= 0.6 is 0 Å². The number of aliphatic hydroxyl groups excluding tert-OH is 1. The minimum Gasteiger partial charge on any atom is -0.469 e. The fourth-order valence-electron chi connectivity index (χ4n) is 2.00. The minimum absolute atomic E-state index is 0.0611. The number of ether oxygens (including phenoxy) is 1. The van der Waals surface area contributed by atoms with Crippen LogP contribution in [0.25, 0.3) is 0 Å². The Balaban J connectivity index is 2.08. The molecule has 0 radical (unpaired) electrons. The summed E-state index contributed by atoms with van der Waals surface area (Å²) in [5, 5.41) is 12.2. The van der Waals surface area contributed by atoms with Crippen LogP contribution in [0.1, 0.15) is 25.7 Å². The molecule has 0 bridgehead atoms. The summed E-state index contributed by atoms with van der Waals surface area (Å²) >= 11 is 0. The molecular formula is C12H22N2O4. The van der Waals surface area contributed by atoms with Crippen molar-refractivity contribution in [1.29, 1.82) is 0 Å². The number of hydrogen-bond donors (Lipinski definition) is 2. The number of nitrogens with one attached hydrogen (secondary N) is 1. The quantitative estimate of drug-likeness (QED) is 0.496. The van der Waals surface area contributed by atoms with E-state index in [1.807, 2.05) is 4.90 Å². The van der Waals surface area contributed by atoms with Crippen LogP contribution in [-0.4, -0.2) is 61.3 Å². The number of rotatable bonds is 6. The number of piperidine rings is 1. The Morgan fingerprint density at radius 1 is 1.50 bits per heavy atom. The van der Waals surface area contributed by atoms with Gasteiger partial charge in [-0.25, -0.2) is 0 Å². The monoisotopic (exact) mass is 258 g/mol. The molecule has 0 spiro atoms. The van der Waals surface area contributed by atoms with Crippen LogP contribution < -0.4 is 5.32 Å². The van der Waals surface area contributed by atoms with Crippen LogP contribution in [-0.2, 0) is 14.3 Å². The van der Waals surface area contributed by atoms with Crippen molar-refractivity contribution in [2.75, 3.05) is 33.3 Å². The summed E-state index contributed by atoms with van der Waals surface area (Å²) in [6, 6.07) is 0. The van der Waals surface area contributed by atoms with Gasteiger partial charge in [-0.2, -0.15) is 0 Å². The van der Waals surface area contributed by atoms with Crippen LogP contribution in [0.2, 0.25) is 0 Å². The lowest BCUT2D eigenvalue weighted by molar-refractivity contribution is -0.140. The van der Waals surface area contributed by atoms with Crippen LogP contribution in [0.4, 0.5) is 0 Å². The van der Waals surface area contributed by atoms with Crippen molar-refractivity contribution >= 4 is 11.9 Å². The average Bonchev–Trinajstić information content (AvgIpc) is 2.34. The van der Waals surface area contributed by atoms with Gasteiger partial charge in [-0.15, -0.1) is 0 Å². The lowest BCUT2D eigenvalue weighted by atomic mass is 10.1. The molecule has 1 rings (SSSR count). The molecule has 1 atom stereocenters. The number of amides is 1. The van der Waals surface area contributed by atoms with E-state index in [1.54, 1.807) is 0 Å². The summed E-state index contributed by atoms with van der Waals surface area (Å²) in [6.45, 7) is 2.21. The van der Waals surface area contributed by atoms with Gasteiger partial charge in [0.2, 0.25) is 5.91 Å². The van der Waals surface area contributed by atoms with Crippen molar-refractivity contribution < 1.29 is 19.4 Å². The highest BCUT2D eigenvalue weighted by Gasteiger charge is 2.19. The topological polar surface area (TPSA) is 78.9 Å². The Morgan fingerprint density at radius 3 is 2.94 bits per heavy atom. The van der Waals surface area contributed by atoms with E-state index in [1.165, 1.54) is 7.11 Å². The van der Waals surface area contributed by atoms with Gasteiger partial charge in [0, 0.05) is 19.5 Å². The van der Waals surface area contributed by atoms with Crippen molar-refractivity contribution in [2.45, 2.75) is 31.8 Å². The summed E-state index contributed by atoms with van der Waals surface area (Å²) in [4.78, 5) is 24.4. The smallest absolute Gasteiger partial charge is 0.305 e. The summed E-state index contributed by atoms with van der Waals surface area (Å²) in [7, 11) is 1.35. The normalized spacial score (nSPS) is 20.4. The van der Waals surface area contributed by atoms with E-state index < -0.39 is 0 Å². The first kappa shape index (κ1) is 14.9. The molecule has 2 N–H and O–H groups in total. The van der Waals surface area contributed by atoms with Crippen LogP contribution in [0.15, 0.2) is 0 Å². The van der Waals surface area contributed by atoms with Crippen molar-refractivity contribution in [1.82, 2.24) is 10.2 Å². The van der Waals surface area contributed by atoms with Gasteiger partial charge in [-0.1, -0.05) is 0 Å². The molecule has 6 nitrogen and oxygen atoms in total. The van der Waals surface area contributed by atoms with E-state index in [2.05, 4.69) is 10.1 Å². The maximum Gasteiger partial charge on any atom is 0.305 e. The van der Waals surface area contributed by atoms with Crippen LogP contribution in [0.5, 0.6) is 0 Å². The van der Waals surface area contributed by atoms with Gasteiger partial charge < -0.3 is 15.2 Å². The highest BCUT2D eigenvalue weighted by atomic mass is 16.5. The summed E-state index contributed by atoms with van der Waals surface area (Å²) in [5.41, 5.74) is 0. The molecule has 18 heavy (non-hydrogen) atoms. The number of carbonyl (C=O) groups is 2. The van der Waals surface area contributed by atoms with Crippen molar-refractivity contribution in [2.24, 2.45) is 0 Å². The molecule has 1 fully saturated rings. The van der Waals surface area contributed by atoms with Gasteiger partial charge in [0.15, 0.2) is 0 Å². The molecule has 1 saturated heterocycles. The molecule has 0 saturated carbocycles. The predicted molar refractivity (Wildman–Crippen MR) is 65.9 cm³/mol. The zero-order chi connectivity index (χ0) is 13.4. The zero-order valence-electron chi connectivity index (χ0n) is 10.9. The molecule has 0 aromatic carbocycles. The molecule has 0 aromatic heterocycles. The third kappa shape index (κ3) is 5.97. The molecular weight excluding hydrogens is 236 g/mol. The van der Waals surface area contributed by atoms with Gasteiger partial charge in [-0.05, 0) is 25.8 Å². The third-order valence-corrected chi connectivity index (χ3v) is 2.96. The first-order valence-corrected chi connectivity index (χ1v) is 6.35. The van der Waals surface area contributed by atoms with E-state index in [0.717, 1.165) is 19.4 Å². The van der Waals surface area contributed by atoms with E-state index in [0.29, 0.717) is 32.5 Å². The Kier molecular flexibility index (Phi) is 6.67. The van der Waals surface area contributed by atoms with Gasteiger partial charge >= 0.3 is 5.97 Å². The number of β-amino-alcohol motifs (C(OH)–C–C–N with tert-alkyl or cyclic N) is 1. The number of nitrogens with zero attached hydrogens (tertiary/aromatic N) is 1. The van der Waals surface area contributed by atoms with Crippen molar-refractivity contribution in [3.63, 3.8) is 0 Å². The fraction of sp³-hybridized carbons (Fsp3) is 0.833. The number of aliphatic hydroxyl groups is 1. The van der Waals surface area contributed by atoms with Crippen molar-refractivity contribution in [3.8, 4) is 0 Å². The van der Waals surface area contributed by atoms with E-state index in [9.17, 15) is 14.7 Å². The molecule has 1 aliphatic heterocycles. The largest absolute Gasteiger partial charge is 0.469 e. The zero-order valence-corrected chi connectivity index (χ0v) is 10.9. The molecule has 0 aliphatic carbocycles. The minimum atomic E-state index is -0.314. The summed E-state index contributed by atoms with van der Waals surface area (Å²) in [6.07, 6.45) is 2.33. The van der Waals surface area contributed by atoms with E-state index in [4.69, 9.17) is 0 Å². The SMILES string of the molecule is COC(=O)CCCNC(=O)CN1CCCC(O)C1. The van der Waals surface area contributed by atoms with Crippen molar-refractivity contribution in [3.05, 3.63) is 0 Å². The van der Waals surface area contributed by atoms with Gasteiger partial charge in [-0.3, -0.25) is 14.5 Å². The molecule has 6 heteroatoms. The highest BCUT2D eigenvalue weighted by molar-refractivity contribution is 5.78. The van der Waals surface area contributed by atoms with E-state index >= 15 is 0 Å². The first-order chi connectivity index (χ1) is 8.61. The Labute approximate surface area is 107 Å². The summed E-state index contributed by atoms with van der Waals surface area (Å²) < 4.78 is 4.50. The molecule has 1 aliphatic rings. The van der Waals surface area contributed by atoms with Gasteiger partial charge in [0.05, 0.1) is 19.8 Å². The lowest BCUT2D eigenvalue weighted by Crippen LogP contribution is -2.44. The number of esters is 1. The van der Waals surface area contributed by atoms with Gasteiger partial charge in [0.25, 0.3) is 0 Å². The average molecular weight is 258 g/mol. The Bertz CT molecular complexity index is 283. The second-order valence-electron chi connectivity index (χ2n) is 4.56. The Hall–Kier alpha value is -1.14. The second-order valence-corrected chi connectivity index (χ2v) is 4.56. The number of methoxy groups -OCH3 is 1. The lowest BCUT2D eigenvalue weighted by Gasteiger charge is -2.29. The predicted octanol–water partition coefficient (Wildman–Crippen LogP) is -0.487. The number of hydrogen-bond acceptors (Lipinski definition) is 5. The second kappa shape index (κ2) is 8.05. The molecule has 1 heterocycles. The third-order valence-electron chi connectivity index (χ3n) is 2.96. The molecule has 0 aromatic rings. The standard InChI is InChI=1S/C12H22N2O4/c1-18-12(17)5-2-6-13-11(16)9-14-7-3-4-10(15)8-14/h10,15H,2-9H2,1H3,(H,13,16). The first-order valence-electron chi connectivity index (χ1n) is 6.35. The molecule has 104 valence electrons. The van der Waals surface area contributed by atoms with Crippen LogP contribution in [0, 0.1) is 0 Å². The maximum atomic E-state index is 11.6. The van der Waals surface area contributed by atoms with Crippen LogP contribution in [0.3, 0.4) is 0 Å². The molecule has 1 unspecified atom stereocenters. The number of carbonyl (C=O) groups excluding carboxylic acids is 2.